The molecule has 2 aromatic carbocycles. The van der Waals surface area contributed by atoms with E-state index in [0.29, 0.717) is 27.3 Å². The SMILES string of the molecule is N#Cc1ccc(NC2NCN(F)CN2Cc2c(Cl)cccc2Cl)cc1. The Morgan fingerprint density at radius 2 is 1.88 bits per heavy atom. The van der Waals surface area contributed by atoms with Crippen molar-refractivity contribution in [3.05, 3.63) is 63.6 Å². The van der Waals surface area contributed by atoms with Crippen LogP contribution in [-0.4, -0.2) is 29.6 Å². The molecule has 1 heterocycles. The van der Waals surface area contributed by atoms with E-state index in [2.05, 4.69) is 16.7 Å². The Morgan fingerprint density at radius 1 is 1.20 bits per heavy atom. The highest BCUT2D eigenvalue weighted by molar-refractivity contribution is 6.35. The van der Waals surface area contributed by atoms with Crippen LogP contribution in [-0.2, 0) is 6.54 Å². The van der Waals surface area contributed by atoms with Gasteiger partial charge in [0.05, 0.1) is 25.0 Å². The number of nitrogens with one attached hydrogen (secondary N) is 2. The molecule has 8 heteroatoms. The number of hydrogen-bond donors (Lipinski definition) is 2. The molecule has 0 aromatic heterocycles. The average molecular weight is 380 g/mol. The second kappa shape index (κ2) is 8.00. The molecule has 1 saturated heterocycles. The summed E-state index contributed by atoms with van der Waals surface area (Å²) in [5.74, 6) is 0. The van der Waals surface area contributed by atoms with E-state index in [-0.39, 0.29) is 19.6 Å². The zero-order valence-corrected chi connectivity index (χ0v) is 14.7. The molecule has 0 saturated carbocycles. The molecule has 2 aromatic rings. The first kappa shape index (κ1) is 17.9. The molecule has 130 valence electrons. The van der Waals surface area contributed by atoms with Crippen LogP contribution in [0.3, 0.4) is 0 Å². The van der Waals surface area contributed by atoms with Crippen molar-refractivity contribution in [2.45, 2.75) is 12.8 Å². The molecular weight excluding hydrogens is 364 g/mol. The second-order valence-corrected chi connectivity index (χ2v) is 6.46. The molecule has 0 radical (unpaired) electrons. The molecular formula is C17H16Cl2FN5. The average Bonchev–Trinajstić information content (AvgIpc) is 2.61. The summed E-state index contributed by atoms with van der Waals surface area (Å²) in [6, 6.07) is 14.4. The Bertz CT molecular complexity index is 757. The van der Waals surface area contributed by atoms with Crippen LogP contribution in [0.2, 0.25) is 10.0 Å². The molecule has 1 aliphatic heterocycles. The Morgan fingerprint density at radius 3 is 2.52 bits per heavy atom. The van der Waals surface area contributed by atoms with Gasteiger partial charge in [0.2, 0.25) is 0 Å². The fourth-order valence-electron chi connectivity index (χ4n) is 2.61. The molecule has 0 bridgehead atoms. The van der Waals surface area contributed by atoms with Gasteiger partial charge in [0.1, 0.15) is 6.29 Å². The van der Waals surface area contributed by atoms with Crippen molar-refractivity contribution in [3.63, 3.8) is 0 Å². The molecule has 1 unspecified atom stereocenters. The zero-order valence-electron chi connectivity index (χ0n) is 13.2. The van der Waals surface area contributed by atoms with E-state index in [1.165, 1.54) is 0 Å². The van der Waals surface area contributed by atoms with Gasteiger partial charge in [-0.05, 0) is 36.4 Å². The number of rotatable bonds is 4. The third-order valence-corrected chi connectivity index (χ3v) is 4.60. The molecule has 2 N–H and O–H groups in total. The molecule has 3 rings (SSSR count). The van der Waals surface area contributed by atoms with Gasteiger partial charge in [-0.1, -0.05) is 29.3 Å². The van der Waals surface area contributed by atoms with E-state index in [1.54, 1.807) is 30.3 Å². The first-order valence-corrected chi connectivity index (χ1v) is 8.40. The third kappa shape index (κ3) is 4.40. The van der Waals surface area contributed by atoms with Crippen LogP contribution in [0.1, 0.15) is 11.1 Å². The van der Waals surface area contributed by atoms with Crippen LogP contribution in [0, 0.1) is 11.3 Å². The van der Waals surface area contributed by atoms with Crippen molar-refractivity contribution in [1.82, 2.24) is 15.3 Å². The lowest BCUT2D eigenvalue weighted by Crippen LogP contribution is -2.60. The maximum Gasteiger partial charge on any atom is 0.137 e. The second-order valence-electron chi connectivity index (χ2n) is 5.65. The van der Waals surface area contributed by atoms with Crippen LogP contribution < -0.4 is 10.6 Å². The van der Waals surface area contributed by atoms with Crippen molar-refractivity contribution in [1.29, 1.82) is 5.26 Å². The van der Waals surface area contributed by atoms with E-state index in [9.17, 15) is 4.48 Å². The smallest absolute Gasteiger partial charge is 0.137 e. The topological polar surface area (TPSA) is 54.3 Å². The highest BCUT2D eigenvalue weighted by Gasteiger charge is 2.27. The van der Waals surface area contributed by atoms with Crippen LogP contribution >= 0.6 is 23.2 Å². The Labute approximate surface area is 155 Å². The highest BCUT2D eigenvalue weighted by atomic mass is 35.5. The number of halogens is 3. The normalized spacial score (nSPS) is 18.7. The van der Waals surface area contributed by atoms with Crippen molar-refractivity contribution in [2.24, 2.45) is 0 Å². The van der Waals surface area contributed by atoms with E-state index in [1.807, 2.05) is 17.0 Å². The molecule has 25 heavy (non-hydrogen) atoms. The number of anilines is 1. The Hall–Kier alpha value is -1.88. The minimum atomic E-state index is -0.313. The summed E-state index contributed by atoms with van der Waals surface area (Å²) >= 11 is 12.5. The summed E-state index contributed by atoms with van der Waals surface area (Å²) in [4.78, 5) is 1.84. The summed E-state index contributed by atoms with van der Waals surface area (Å²) in [5.41, 5.74) is 2.14. The van der Waals surface area contributed by atoms with Crippen LogP contribution in [0.25, 0.3) is 0 Å². The lowest BCUT2D eigenvalue weighted by Gasteiger charge is -2.39. The predicted molar refractivity (Wildman–Crippen MR) is 96.4 cm³/mol. The summed E-state index contributed by atoms with van der Waals surface area (Å²) in [5, 5.41) is 17.0. The van der Waals surface area contributed by atoms with Crippen LogP contribution in [0.4, 0.5) is 10.2 Å². The standard InChI is InChI=1S/C17H16Cl2FN5/c18-15-2-1-3-16(19)14(15)9-24-11-25(20)10-22-17(24)23-13-6-4-12(8-21)5-7-13/h1-7,17,22-23H,9-11H2. The van der Waals surface area contributed by atoms with Gasteiger partial charge in [-0.2, -0.15) is 5.26 Å². The number of hydrogen-bond acceptors (Lipinski definition) is 5. The lowest BCUT2D eigenvalue weighted by molar-refractivity contribution is -0.0925. The maximum absolute atomic E-state index is 13.7. The van der Waals surface area contributed by atoms with Gasteiger partial charge in [0.15, 0.2) is 0 Å². The zero-order chi connectivity index (χ0) is 17.8. The van der Waals surface area contributed by atoms with E-state index in [4.69, 9.17) is 28.5 Å². The predicted octanol–water partition coefficient (Wildman–Crippen LogP) is 3.77. The summed E-state index contributed by atoms with van der Waals surface area (Å²) < 4.78 is 13.7. The quantitative estimate of drug-likeness (QED) is 0.791. The summed E-state index contributed by atoms with van der Waals surface area (Å²) in [6.45, 7) is 0.572. The van der Waals surface area contributed by atoms with Gasteiger partial charge < -0.3 is 5.32 Å². The molecule has 0 aliphatic carbocycles. The molecule has 0 amide bonds. The van der Waals surface area contributed by atoms with Gasteiger partial charge >= 0.3 is 0 Å². The van der Waals surface area contributed by atoms with Gasteiger partial charge in [-0.3, -0.25) is 10.2 Å². The molecule has 0 spiro atoms. The highest BCUT2D eigenvalue weighted by Crippen LogP contribution is 2.27. The van der Waals surface area contributed by atoms with Crippen LogP contribution in [0.5, 0.6) is 0 Å². The largest absolute Gasteiger partial charge is 0.357 e. The monoisotopic (exact) mass is 379 g/mol. The Balaban J connectivity index is 1.77. The number of benzene rings is 2. The summed E-state index contributed by atoms with van der Waals surface area (Å²) in [6.07, 6.45) is -0.313. The lowest BCUT2D eigenvalue weighted by atomic mass is 10.2. The molecule has 1 aliphatic rings. The molecule has 1 fully saturated rings. The van der Waals surface area contributed by atoms with Crippen molar-refractivity contribution in [3.8, 4) is 6.07 Å². The van der Waals surface area contributed by atoms with E-state index < -0.39 is 0 Å². The first-order chi connectivity index (χ1) is 12.1. The number of nitrogens with zero attached hydrogens (tertiary/aromatic N) is 3. The van der Waals surface area contributed by atoms with Crippen molar-refractivity contribution < 1.29 is 4.48 Å². The van der Waals surface area contributed by atoms with E-state index >= 15 is 0 Å². The minimum Gasteiger partial charge on any atom is -0.357 e. The molecule has 1 atom stereocenters. The number of nitriles is 1. The van der Waals surface area contributed by atoms with Gasteiger partial charge in [0.25, 0.3) is 0 Å². The van der Waals surface area contributed by atoms with Crippen LogP contribution in [0.15, 0.2) is 42.5 Å². The third-order valence-electron chi connectivity index (χ3n) is 3.90. The van der Waals surface area contributed by atoms with Crippen molar-refractivity contribution in [2.75, 3.05) is 18.7 Å². The van der Waals surface area contributed by atoms with Gasteiger partial charge in [-0.25, -0.2) is 0 Å². The van der Waals surface area contributed by atoms with Gasteiger partial charge in [0, 0.05) is 27.8 Å². The van der Waals surface area contributed by atoms with Gasteiger partial charge in [-0.15, -0.1) is 9.60 Å². The maximum atomic E-state index is 13.7. The molecule has 5 nitrogen and oxygen atoms in total. The van der Waals surface area contributed by atoms with E-state index in [0.717, 1.165) is 11.3 Å². The fraction of sp³-hybridized carbons (Fsp3) is 0.235. The first-order valence-electron chi connectivity index (χ1n) is 7.64. The summed E-state index contributed by atoms with van der Waals surface area (Å²) in [7, 11) is 0. The minimum absolute atomic E-state index is 0.0979. The fourth-order valence-corrected chi connectivity index (χ4v) is 3.13. The van der Waals surface area contributed by atoms with Crippen molar-refractivity contribution >= 4 is 28.9 Å². The Kier molecular flexibility index (Phi) is 5.74.